The van der Waals surface area contributed by atoms with Gasteiger partial charge in [-0.15, -0.1) is 11.3 Å². The van der Waals surface area contributed by atoms with Crippen LogP contribution in [0.1, 0.15) is 40.3 Å². The number of ether oxygens (including phenoxy) is 2. The van der Waals surface area contributed by atoms with Crippen LogP contribution in [0.3, 0.4) is 0 Å². The van der Waals surface area contributed by atoms with Crippen LogP contribution in [-0.4, -0.2) is 38.2 Å². The third-order valence-corrected chi connectivity index (χ3v) is 10.7. The molecule has 2 atom stereocenters. The first-order chi connectivity index (χ1) is 20.2. The van der Waals surface area contributed by atoms with Crippen LogP contribution in [0.15, 0.2) is 76.6 Å². The highest BCUT2D eigenvalue weighted by molar-refractivity contribution is 7.92. The summed E-state index contributed by atoms with van der Waals surface area (Å²) in [6.45, 7) is 2.44. The molecule has 0 fully saturated rings. The molecule has 222 valence electrons. The molecule has 42 heavy (non-hydrogen) atoms. The number of methoxy groups -OCH3 is 2. The minimum Gasteiger partial charge on any atom is -0.496 e. The van der Waals surface area contributed by atoms with E-state index in [4.69, 9.17) is 9.47 Å². The Morgan fingerprint density at radius 2 is 1.74 bits per heavy atom. The van der Waals surface area contributed by atoms with Crippen LogP contribution in [0.2, 0.25) is 0 Å². The van der Waals surface area contributed by atoms with Crippen molar-refractivity contribution in [1.29, 1.82) is 0 Å². The number of nitrogens with one attached hydrogen (secondary N) is 1. The zero-order valence-corrected chi connectivity index (χ0v) is 25.6. The van der Waals surface area contributed by atoms with Crippen molar-refractivity contribution in [2.75, 3.05) is 14.2 Å². The molecule has 0 spiro atoms. The van der Waals surface area contributed by atoms with Gasteiger partial charge in [-0.3, -0.25) is 4.79 Å². The molecule has 4 aromatic rings. The van der Waals surface area contributed by atoms with E-state index in [-0.39, 0.29) is 16.5 Å². The van der Waals surface area contributed by atoms with Crippen molar-refractivity contribution in [3.63, 3.8) is 0 Å². The Bertz CT molecular complexity index is 1590. The molecule has 0 unspecified atom stereocenters. The lowest BCUT2D eigenvalue weighted by Crippen LogP contribution is -2.31. The highest BCUT2D eigenvalue weighted by Gasteiger charge is 2.30. The summed E-state index contributed by atoms with van der Waals surface area (Å²) in [5, 5.41) is 13.4. The summed E-state index contributed by atoms with van der Waals surface area (Å²) in [7, 11) is -0.672. The van der Waals surface area contributed by atoms with E-state index in [1.807, 2.05) is 42.1 Å². The Labute approximate surface area is 251 Å². The first-order valence-corrected chi connectivity index (χ1v) is 16.2. The number of hydrogen-bond acceptors (Lipinski definition) is 7. The molecule has 0 aliphatic heterocycles. The molecule has 2 N–H and O–H groups in total. The average molecular weight is 609 g/mol. The van der Waals surface area contributed by atoms with Crippen LogP contribution >= 0.6 is 11.3 Å². The fourth-order valence-corrected chi connectivity index (χ4v) is 7.89. The van der Waals surface area contributed by atoms with Gasteiger partial charge in [-0.1, -0.05) is 30.3 Å². The summed E-state index contributed by atoms with van der Waals surface area (Å²) >= 11 is 1.06. The van der Waals surface area contributed by atoms with Crippen LogP contribution in [0, 0.1) is 18.8 Å². The lowest BCUT2D eigenvalue weighted by atomic mass is 9.85. The number of hydrogen-bond donors (Lipinski definition) is 2. The fraction of sp³-hybridized carbons (Fsp3) is 0.344. The highest BCUT2D eigenvalue weighted by atomic mass is 32.2. The summed E-state index contributed by atoms with van der Waals surface area (Å²) < 4.78 is 40.2. The predicted molar refractivity (Wildman–Crippen MR) is 162 cm³/mol. The minimum atomic E-state index is -3.88. The van der Waals surface area contributed by atoms with Gasteiger partial charge in [0.15, 0.2) is 0 Å². The Morgan fingerprint density at radius 3 is 2.33 bits per heavy atom. The van der Waals surface area contributed by atoms with Crippen molar-refractivity contribution in [2.45, 2.75) is 49.5 Å². The summed E-state index contributed by atoms with van der Waals surface area (Å²) in [6.07, 6.45) is 5.58. The van der Waals surface area contributed by atoms with Crippen molar-refractivity contribution < 1.29 is 27.8 Å². The van der Waals surface area contributed by atoms with E-state index >= 15 is 0 Å². The van der Waals surface area contributed by atoms with Gasteiger partial charge >= 0.3 is 0 Å². The zero-order valence-electron chi connectivity index (χ0n) is 23.9. The molecule has 1 aliphatic rings. The molecule has 0 bridgehead atoms. The van der Waals surface area contributed by atoms with Gasteiger partial charge in [0.25, 0.3) is 10.0 Å². The Kier molecular flexibility index (Phi) is 9.05. The summed E-state index contributed by atoms with van der Waals surface area (Å²) in [5.74, 6) is 0.957. The molecule has 1 amide bonds. The SMILES string of the molecule is COc1cc([C@@H](O)[C@H](CC2Cc3ccccc3C2)Cn2ccc(CC(=O)NS(=O)(=O)c3cccs3)c2)cc(OC)c1C. The van der Waals surface area contributed by atoms with Crippen molar-refractivity contribution in [2.24, 2.45) is 11.8 Å². The number of fused-ring (bicyclic) bond motifs is 1. The van der Waals surface area contributed by atoms with Crippen molar-refractivity contribution in [3.8, 4) is 11.5 Å². The smallest absolute Gasteiger partial charge is 0.273 e. The number of sulfonamides is 1. The van der Waals surface area contributed by atoms with Gasteiger partial charge in [0, 0.05) is 30.4 Å². The van der Waals surface area contributed by atoms with Gasteiger partial charge in [-0.25, -0.2) is 13.1 Å². The lowest BCUT2D eigenvalue weighted by molar-refractivity contribution is -0.118. The van der Waals surface area contributed by atoms with Crippen molar-refractivity contribution in [3.05, 3.63) is 100 Å². The number of rotatable bonds is 12. The normalized spacial score (nSPS) is 14.8. The van der Waals surface area contributed by atoms with Crippen LogP contribution in [0.25, 0.3) is 0 Å². The van der Waals surface area contributed by atoms with Gasteiger partial charge in [0.05, 0.1) is 26.7 Å². The number of thiophene rings is 1. The lowest BCUT2D eigenvalue weighted by Gasteiger charge is -2.27. The molecule has 2 heterocycles. The molecule has 2 aromatic heterocycles. The molecule has 0 radical (unpaired) electrons. The van der Waals surface area contributed by atoms with Gasteiger partial charge < -0.3 is 19.1 Å². The quantitative estimate of drug-likeness (QED) is 0.232. The van der Waals surface area contributed by atoms with E-state index in [1.54, 1.807) is 25.7 Å². The average Bonchev–Trinajstić information content (AvgIpc) is 3.73. The second-order valence-corrected chi connectivity index (χ2v) is 13.7. The Morgan fingerprint density at radius 1 is 1.07 bits per heavy atom. The zero-order chi connectivity index (χ0) is 29.9. The van der Waals surface area contributed by atoms with Crippen LogP contribution in [0.5, 0.6) is 11.5 Å². The number of benzene rings is 2. The monoisotopic (exact) mass is 608 g/mol. The molecule has 8 nitrogen and oxygen atoms in total. The van der Waals surface area contributed by atoms with Crippen LogP contribution < -0.4 is 14.2 Å². The van der Waals surface area contributed by atoms with E-state index in [0.29, 0.717) is 29.5 Å². The van der Waals surface area contributed by atoms with Crippen LogP contribution in [0.4, 0.5) is 0 Å². The summed E-state index contributed by atoms with van der Waals surface area (Å²) in [6, 6.07) is 17.1. The Balaban J connectivity index is 1.34. The molecule has 0 saturated heterocycles. The number of aliphatic hydroxyl groups is 1. The topological polar surface area (TPSA) is 107 Å². The van der Waals surface area contributed by atoms with E-state index in [1.165, 1.54) is 17.2 Å². The standard InChI is InChI=1S/C32H36N2O6S2/c1-21-28(39-2)17-26(18-29(21)40-3)32(36)27(15-23-13-24-7-4-5-8-25(24)14-23)20-34-11-10-22(19-34)16-30(35)33-42(37,38)31-9-6-12-41-31/h4-12,17-19,23,27,32,36H,13-16,20H2,1-3H3,(H,33,35)/t27-,32-/m1/s1. The summed E-state index contributed by atoms with van der Waals surface area (Å²) in [5.41, 5.74) is 5.00. The number of aromatic nitrogens is 1. The maximum atomic E-state index is 12.6. The number of carbonyl (C=O) groups is 1. The molecular weight excluding hydrogens is 572 g/mol. The molecule has 5 rings (SSSR count). The predicted octanol–water partition coefficient (Wildman–Crippen LogP) is 5.08. The largest absolute Gasteiger partial charge is 0.496 e. The highest BCUT2D eigenvalue weighted by Crippen LogP contribution is 2.39. The van der Waals surface area contributed by atoms with E-state index in [0.717, 1.165) is 41.7 Å². The maximum Gasteiger partial charge on any atom is 0.273 e. The van der Waals surface area contributed by atoms with Crippen LogP contribution in [-0.2, 0) is 40.6 Å². The number of nitrogens with zero attached hydrogens (tertiary/aromatic N) is 1. The van der Waals surface area contributed by atoms with Crippen molar-refractivity contribution in [1.82, 2.24) is 9.29 Å². The van der Waals surface area contributed by atoms with Gasteiger partial charge in [-0.05, 0) is 84.0 Å². The number of carbonyl (C=O) groups excluding carboxylic acids is 1. The molecule has 0 saturated carbocycles. The maximum absolute atomic E-state index is 12.6. The van der Waals surface area contributed by atoms with E-state index < -0.39 is 22.0 Å². The first kappa shape index (κ1) is 29.9. The Hall–Kier alpha value is -3.60. The van der Waals surface area contributed by atoms with E-state index in [9.17, 15) is 18.3 Å². The first-order valence-electron chi connectivity index (χ1n) is 13.9. The fourth-order valence-electron chi connectivity index (χ4n) is 5.91. The molecule has 1 aliphatic carbocycles. The van der Waals surface area contributed by atoms with Gasteiger partial charge in [0.2, 0.25) is 5.91 Å². The second kappa shape index (κ2) is 12.7. The third kappa shape index (κ3) is 6.72. The van der Waals surface area contributed by atoms with E-state index in [2.05, 4.69) is 29.0 Å². The molecule has 2 aromatic carbocycles. The molecular formula is C32H36N2O6S2. The van der Waals surface area contributed by atoms with Gasteiger partial charge in [-0.2, -0.15) is 0 Å². The van der Waals surface area contributed by atoms with Gasteiger partial charge in [0.1, 0.15) is 15.7 Å². The summed E-state index contributed by atoms with van der Waals surface area (Å²) in [4.78, 5) is 12.6. The number of aliphatic hydroxyl groups excluding tert-OH is 1. The van der Waals surface area contributed by atoms with Crippen molar-refractivity contribution >= 4 is 27.3 Å². The second-order valence-electron chi connectivity index (χ2n) is 10.9. The molecule has 10 heteroatoms. The minimum absolute atomic E-state index is 0.0743. The number of amides is 1. The third-order valence-electron chi connectivity index (χ3n) is 7.96.